The quantitative estimate of drug-likeness (QED) is 0.645. The van der Waals surface area contributed by atoms with Crippen LogP contribution in [-0.4, -0.2) is 14.8 Å². The van der Waals surface area contributed by atoms with Crippen molar-refractivity contribution in [3.63, 3.8) is 0 Å². The standard InChI is InChI=1S/C9H8N2O3/c10-3-11-8(12)6-4-1-2-5(14-4)7(6)9(11)13/h4-5,12-13H,1-2H2. The second-order valence-corrected chi connectivity index (χ2v) is 3.60. The van der Waals surface area contributed by atoms with Crippen LogP contribution >= 0.6 is 0 Å². The molecule has 0 aromatic carbocycles. The minimum atomic E-state index is -0.174. The smallest absolute Gasteiger partial charge is 0.214 e. The van der Waals surface area contributed by atoms with E-state index in [1.165, 1.54) is 0 Å². The molecule has 3 rings (SSSR count). The zero-order valence-electron chi connectivity index (χ0n) is 7.27. The molecule has 0 aliphatic carbocycles. The van der Waals surface area contributed by atoms with Crippen molar-refractivity contribution < 1.29 is 14.9 Å². The number of nitriles is 1. The van der Waals surface area contributed by atoms with Crippen molar-refractivity contribution in [1.29, 1.82) is 5.26 Å². The second-order valence-electron chi connectivity index (χ2n) is 3.60. The van der Waals surface area contributed by atoms with Gasteiger partial charge in [-0.1, -0.05) is 0 Å². The maximum atomic E-state index is 9.65. The normalized spacial score (nSPS) is 27.6. The summed E-state index contributed by atoms with van der Waals surface area (Å²) in [6.45, 7) is 0. The highest BCUT2D eigenvalue weighted by Crippen LogP contribution is 2.57. The number of rotatable bonds is 0. The first-order valence-corrected chi connectivity index (χ1v) is 4.46. The molecular formula is C9H8N2O3. The summed E-state index contributed by atoms with van der Waals surface area (Å²) in [6.07, 6.45) is 3.13. The first-order valence-electron chi connectivity index (χ1n) is 4.46. The van der Waals surface area contributed by atoms with Crippen molar-refractivity contribution >= 4 is 0 Å². The Morgan fingerprint density at radius 1 is 1.21 bits per heavy atom. The van der Waals surface area contributed by atoms with Gasteiger partial charge in [-0.3, -0.25) is 0 Å². The molecule has 2 atom stereocenters. The second kappa shape index (κ2) is 2.22. The Balaban J connectivity index is 2.32. The van der Waals surface area contributed by atoms with Gasteiger partial charge in [0.2, 0.25) is 11.8 Å². The fourth-order valence-electron chi connectivity index (χ4n) is 2.37. The zero-order valence-corrected chi connectivity index (χ0v) is 7.27. The van der Waals surface area contributed by atoms with Gasteiger partial charge in [0, 0.05) is 0 Å². The molecule has 0 spiro atoms. The summed E-state index contributed by atoms with van der Waals surface area (Å²) in [5.74, 6) is -0.348. The molecule has 2 aliphatic heterocycles. The summed E-state index contributed by atoms with van der Waals surface area (Å²) in [4.78, 5) is 0. The fraction of sp³-hybridized carbons (Fsp3) is 0.444. The monoisotopic (exact) mass is 192 g/mol. The van der Waals surface area contributed by atoms with Crippen LogP contribution in [0.1, 0.15) is 36.2 Å². The maximum absolute atomic E-state index is 9.65. The molecule has 0 radical (unpaired) electrons. The Morgan fingerprint density at radius 2 is 1.71 bits per heavy atom. The third-order valence-corrected chi connectivity index (χ3v) is 2.96. The molecule has 1 fully saturated rings. The summed E-state index contributed by atoms with van der Waals surface area (Å²) in [7, 11) is 0. The van der Waals surface area contributed by atoms with Crippen LogP contribution in [0.15, 0.2) is 0 Å². The first-order chi connectivity index (χ1) is 6.74. The van der Waals surface area contributed by atoms with E-state index in [4.69, 9.17) is 10.00 Å². The Hall–Kier alpha value is -1.67. The molecule has 2 bridgehead atoms. The highest BCUT2D eigenvalue weighted by Gasteiger charge is 2.45. The van der Waals surface area contributed by atoms with Crippen LogP contribution in [0, 0.1) is 11.5 Å². The van der Waals surface area contributed by atoms with Crippen molar-refractivity contribution in [1.82, 2.24) is 4.57 Å². The summed E-state index contributed by atoms with van der Waals surface area (Å²) in [5, 5.41) is 28.0. The molecule has 1 aromatic heterocycles. The molecule has 2 aliphatic rings. The number of ether oxygens (including phenoxy) is 1. The topological polar surface area (TPSA) is 78.4 Å². The molecule has 1 aromatic rings. The molecule has 5 heteroatoms. The Kier molecular flexibility index (Phi) is 1.22. The van der Waals surface area contributed by atoms with Crippen molar-refractivity contribution in [3.8, 4) is 18.0 Å². The molecule has 2 unspecified atom stereocenters. The van der Waals surface area contributed by atoms with Gasteiger partial charge in [0.25, 0.3) is 0 Å². The Morgan fingerprint density at radius 3 is 2.14 bits per heavy atom. The lowest BCUT2D eigenvalue weighted by atomic mass is 9.95. The number of aromatic nitrogens is 1. The summed E-state index contributed by atoms with van der Waals surface area (Å²) in [6, 6.07) is 0. The third kappa shape index (κ3) is 0.645. The van der Waals surface area contributed by atoms with Gasteiger partial charge in [-0.2, -0.15) is 9.83 Å². The minimum Gasteiger partial charge on any atom is -0.493 e. The lowest BCUT2D eigenvalue weighted by Crippen LogP contribution is -1.93. The van der Waals surface area contributed by atoms with E-state index in [9.17, 15) is 10.2 Å². The molecule has 2 N–H and O–H groups in total. The van der Waals surface area contributed by atoms with Crippen molar-refractivity contribution in [3.05, 3.63) is 11.1 Å². The van der Waals surface area contributed by atoms with Crippen LogP contribution < -0.4 is 0 Å². The predicted octanol–water partition coefficient (Wildman–Crippen LogP) is 1.13. The van der Waals surface area contributed by atoms with Gasteiger partial charge in [0.15, 0.2) is 6.19 Å². The van der Waals surface area contributed by atoms with Crippen LogP contribution in [0.4, 0.5) is 0 Å². The SMILES string of the molecule is N#Cn1c(O)c2c(c1O)C1CCC2O1. The number of fused-ring (bicyclic) bond motifs is 5. The molecule has 14 heavy (non-hydrogen) atoms. The molecule has 72 valence electrons. The highest BCUT2D eigenvalue weighted by molar-refractivity contribution is 5.53. The Labute approximate surface area is 79.8 Å². The lowest BCUT2D eigenvalue weighted by molar-refractivity contribution is 0.0683. The van der Waals surface area contributed by atoms with Gasteiger partial charge in [0.1, 0.15) is 0 Å². The van der Waals surface area contributed by atoms with Crippen LogP contribution in [0.3, 0.4) is 0 Å². The number of nitrogens with zero attached hydrogens (tertiary/aromatic N) is 2. The van der Waals surface area contributed by atoms with Crippen LogP contribution in [-0.2, 0) is 4.74 Å². The molecule has 1 saturated heterocycles. The van der Waals surface area contributed by atoms with Crippen molar-refractivity contribution in [2.24, 2.45) is 0 Å². The summed E-state index contributed by atoms with van der Waals surface area (Å²) < 4.78 is 6.35. The van der Waals surface area contributed by atoms with Gasteiger partial charge >= 0.3 is 0 Å². The van der Waals surface area contributed by atoms with E-state index in [1.807, 2.05) is 0 Å². The molecular weight excluding hydrogens is 184 g/mol. The predicted molar refractivity (Wildman–Crippen MR) is 44.6 cm³/mol. The third-order valence-electron chi connectivity index (χ3n) is 2.96. The van der Waals surface area contributed by atoms with E-state index >= 15 is 0 Å². The average molecular weight is 192 g/mol. The van der Waals surface area contributed by atoms with Crippen LogP contribution in [0.2, 0.25) is 0 Å². The average Bonchev–Trinajstić information content (AvgIpc) is 2.80. The largest absolute Gasteiger partial charge is 0.493 e. The van der Waals surface area contributed by atoms with Crippen molar-refractivity contribution in [2.45, 2.75) is 25.0 Å². The van der Waals surface area contributed by atoms with Gasteiger partial charge in [0.05, 0.1) is 23.3 Å². The number of hydrogen-bond donors (Lipinski definition) is 2. The van der Waals surface area contributed by atoms with E-state index in [0.717, 1.165) is 17.4 Å². The van der Waals surface area contributed by atoms with E-state index in [2.05, 4.69) is 0 Å². The fourth-order valence-corrected chi connectivity index (χ4v) is 2.37. The van der Waals surface area contributed by atoms with Gasteiger partial charge < -0.3 is 14.9 Å². The number of hydrogen-bond acceptors (Lipinski definition) is 4. The summed E-state index contributed by atoms with van der Waals surface area (Å²) >= 11 is 0. The van der Waals surface area contributed by atoms with E-state index in [0.29, 0.717) is 11.1 Å². The number of aromatic hydroxyl groups is 2. The molecule has 0 amide bonds. The minimum absolute atomic E-state index is 0.143. The molecule has 3 heterocycles. The maximum Gasteiger partial charge on any atom is 0.214 e. The van der Waals surface area contributed by atoms with Crippen LogP contribution in [0.5, 0.6) is 11.8 Å². The highest BCUT2D eigenvalue weighted by atomic mass is 16.5. The summed E-state index contributed by atoms with van der Waals surface area (Å²) in [5.41, 5.74) is 1.20. The molecule has 5 nitrogen and oxygen atoms in total. The van der Waals surface area contributed by atoms with Crippen LogP contribution in [0.25, 0.3) is 0 Å². The van der Waals surface area contributed by atoms with E-state index in [1.54, 1.807) is 6.19 Å². The first kappa shape index (κ1) is 7.71. The Bertz CT molecular complexity index is 424. The van der Waals surface area contributed by atoms with Gasteiger partial charge in [-0.15, -0.1) is 0 Å². The zero-order chi connectivity index (χ0) is 9.87. The van der Waals surface area contributed by atoms with Gasteiger partial charge in [-0.05, 0) is 12.8 Å². The van der Waals surface area contributed by atoms with Crippen molar-refractivity contribution in [2.75, 3.05) is 0 Å². The van der Waals surface area contributed by atoms with E-state index < -0.39 is 0 Å². The lowest BCUT2D eigenvalue weighted by Gasteiger charge is -2.04. The molecule has 0 saturated carbocycles. The van der Waals surface area contributed by atoms with E-state index in [-0.39, 0.29) is 24.0 Å². The van der Waals surface area contributed by atoms with Gasteiger partial charge in [-0.25, -0.2) is 0 Å².